The summed E-state index contributed by atoms with van der Waals surface area (Å²) in [6, 6.07) is 9.30. The van der Waals surface area contributed by atoms with Gasteiger partial charge in [0.2, 0.25) is 0 Å². The molecule has 4 rings (SSSR count). The minimum atomic E-state index is -1.28. The molecule has 0 radical (unpaired) electrons. The number of aromatic nitrogens is 1. The molecule has 0 unspecified atom stereocenters. The van der Waals surface area contributed by atoms with E-state index in [-0.39, 0.29) is 24.7 Å². The highest BCUT2D eigenvalue weighted by atomic mass is 35.5. The molecule has 1 N–H and O–H groups in total. The molecular formula is C27H28ClFN2O3S. The fraction of sp³-hybridized carbons (Fsp3) is 0.407. The van der Waals surface area contributed by atoms with E-state index in [2.05, 4.69) is 21.7 Å². The van der Waals surface area contributed by atoms with Crippen LogP contribution in [0.1, 0.15) is 42.3 Å². The Morgan fingerprint density at radius 1 is 1.40 bits per heavy atom. The van der Waals surface area contributed by atoms with Crippen molar-refractivity contribution in [2.75, 3.05) is 26.7 Å². The Hall–Kier alpha value is -2.66. The van der Waals surface area contributed by atoms with Crippen LogP contribution < -0.4 is 4.74 Å². The van der Waals surface area contributed by atoms with Crippen molar-refractivity contribution in [1.82, 2.24) is 9.88 Å². The Morgan fingerprint density at radius 3 is 3.00 bits per heavy atom. The second-order valence-corrected chi connectivity index (χ2v) is 10.2. The maximum absolute atomic E-state index is 15.6. The molecule has 0 spiro atoms. The number of benzene rings is 1. The lowest BCUT2D eigenvalue weighted by Gasteiger charge is -2.37. The Balaban J connectivity index is 1.42. The lowest BCUT2D eigenvalue weighted by molar-refractivity contribution is -0.139. The maximum Gasteiger partial charge on any atom is 0.303 e. The smallest absolute Gasteiger partial charge is 0.303 e. The zero-order chi connectivity index (χ0) is 24.8. The predicted molar refractivity (Wildman–Crippen MR) is 138 cm³/mol. The Labute approximate surface area is 213 Å². The molecule has 3 heterocycles. The number of halogens is 2. The molecule has 5 nitrogen and oxygen atoms in total. The maximum atomic E-state index is 15.6. The number of rotatable bonds is 8. The molecule has 3 atom stereocenters. The highest BCUT2D eigenvalue weighted by Crippen LogP contribution is 2.39. The van der Waals surface area contributed by atoms with Crippen LogP contribution in [0, 0.1) is 23.7 Å². The predicted octanol–water partition coefficient (Wildman–Crippen LogP) is 6.21. The van der Waals surface area contributed by atoms with Gasteiger partial charge < -0.3 is 9.84 Å². The number of nitrogens with zero attached hydrogens (tertiary/aromatic N) is 2. The normalized spacial score (nSPS) is 19.2. The largest absolute Gasteiger partial charge is 0.497 e. The van der Waals surface area contributed by atoms with E-state index in [0.717, 1.165) is 17.8 Å². The summed E-state index contributed by atoms with van der Waals surface area (Å²) in [6.45, 7) is 2.09. The number of aliphatic carboxylic acids is 1. The number of methoxy groups -OCH3 is 1. The monoisotopic (exact) mass is 514 g/mol. The molecule has 1 saturated heterocycles. The van der Waals surface area contributed by atoms with E-state index in [4.69, 9.17) is 16.3 Å². The highest BCUT2D eigenvalue weighted by Gasteiger charge is 2.31. The van der Waals surface area contributed by atoms with Crippen molar-refractivity contribution < 1.29 is 19.0 Å². The molecule has 35 heavy (non-hydrogen) atoms. The third kappa shape index (κ3) is 6.52. The third-order valence-corrected chi connectivity index (χ3v) is 7.71. The lowest BCUT2D eigenvalue weighted by atomic mass is 9.79. The Morgan fingerprint density at radius 2 is 2.26 bits per heavy atom. The van der Waals surface area contributed by atoms with Gasteiger partial charge >= 0.3 is 5.97 Å². The van der Waals surface area contributed by atoms with E-state index in [1.807, 2.05) is 17.5 Å². The van der Waals surface area contributed by atoms with E-state index >= 15 is 4.39 Å². The fourth-order valence-corrected chi connectivity index (χ4v) is 5.70. The zero-order valence-electron chi connectivity index (χ0n) is 19.5. The lowest BCUT2D eigenvalue weighted by Crippen LogP contribution is -2.41. The van der Waals surface area contributed by atoms with Crippen LogP contribution in [0.3, 0.4) is 0 Å². The standard InChI is InChI=1S/C27H28ClFN2O3S/c1-34-20-7-9-25-22(15-20)27(23(28)16-30-25)24(29)8-6-18-10-12-31(17-19(18)14-26(32)33)11-2-4-21-5-3-13-35-21/h3,5,7,9,13,15-16,18-19,24H,6,8,10-12,14,17H2,1H3,(H,32,33)/t18-,19-,24+/m1/s1. The number of hydrogen-bond donors (Lipinski definition) is 1. The van der Waals surface area contributed by atoms with Gasteiger partial charge in [0, 0.05) is 30.1 Å². The van der Waals surface area contributed by atoms with Gasteiger partial charge in [-0.2, -0.15) is 0 Å². The number of ether oxygens (including phenoxy) is 1. The summed E-state index contributed by atoms with van der Waals surface area (Å²) in [5, 5.41) is 12.4. The molecule has 1 fully saturated rings. The summed E-state index contributed by atoms with van der Waals surface area (Å²) in [5.41, 5.74) is 1.08. The quantitative estimate of drug-likeness (QED) is 0.362. The van der Waals surface area contributed by atoms with Gasteiger partial charge in [0.25, 0.3) is 0 Å². The molecular weight excluding hydrogens is 487 g/mol. The molecule has 0 aliphatic carbocycles. The van der Waals surface area contributed by atoms with Crippen molar-refractivity contribution in [3.63, 3.8) is 0 Å². The molecule has 184 valence electrons. The number of carboxylic acid groups (broad SMARTS) is 1. The van der Waals surface area contributed by atoms with E-state index in [1.54, 1.807) is 36.6 Å². The SMILES string of the molecule is COc1ccc2ncc(Cl)c([C@@H](F)CC[C@@H]3CCN(CC#Cc4cccs4)C[C@H]3CC(=O)O)c2c1. The number of thiophene rings is 1. The highest BCUT2D eigenvalue weighted by molar-refractivity contribution is 7.10. The first kappa shape index (κ1) is 25.4. The number of carboxylic acids is 1. The van der Waals surface area contributed by atoms with E-state index < -0.39 is 12.1 Å². The minimum absolute atomic E-state index is 0.0401. The van der Waals surface area contributed by atoms with Gasteiger partial charge in [0.15, 0.2) is 0 Å². The molecule has 2 aromatic heterocycles. The minimum Gasteiger partial charge on any atom is -0.497 e. The van der Waals surface area contributed by atoms with Gasteiger partial charge in [0.1, 0.15) is 11.9 Å². The molecule has 3 aromatic rings. The summed E-state index contributed by atoms with van der Waals surface area (Å²) in [4.78, 5) is 19.1. The van der Waals surface area contributed by atoms with Crippen molar-refractivity contribution in [2.45, 2.75) is 31.9 Å². The third-order valence-electron chi connectivity index (χ3n) is 6.62. The van der Waals surface area contributed by atoms with Crippen LogP contribution in [0.5, 0.6) is 5.75 Å². The van der Waals surface area contributed by atoms with Gasteiger partial charge in [-0.1, -0.05) is 29.5 Å². The molecule has 0 bridgehead atoms. The number of fused-ring (bicyclic) bond motifs is 1. The molecule has 8 heteroatoms. The van der Waals surface area contributed by atoms with E-state index in [1.165, 1.54) is 6.20 Å². The number of alkyl halides is 1. The van der Waals surface area contributed by atoms with Crippen molar-refractivity contribution in [3.05, 3.63) is 57.4 Å². The van der Waals surface area contributed by atoms with Crippen LogP contribution in [0.2, 0.25) is 5.02 Å². The van der Waals surface area contributed by atoms with Crippen molar-refractivity contribution in [1.29, 1.82) is 0 Å². The number of carbonyl (C=O) groups is 1. The summed E-state index contributed by atoms with van der Waals surface area (Å²) >= 11 is 7.98. The van der Waals surface area contributed by atoms with Crippen LogP contribution in [0.25, 0.3) is 10.9 Å². The number of likely N-dealkylation sites (tertiary alicyclic amines) is 1. The number of pyridine rings is 1. The molecule has 0 saturated carbocycles. The summed E-state index contributed by atoms with van der Waals surface area (Å²) in [7, 11) is 1.56. The van der Waals surface area contributed by atoms with Crippen molar-refractivity contribution in [3.8, 4) is 17.6 Å². The number of hydrogen-bond acceptors (Lipinski definition) is 5. The van der Waals surface area contributed by atoms with Crippen LogP contribution in [-0.2, 0) is 4.79 Å². The van der Waals surface area contributed by atoms with E-state index in [0.29, 0.717) is 46.7 Å². The van der Waals surface area contributed by atoms with Crippen LogP contribution in [0.4, 0.5) is 4.39 Å². The first-order valence-corrected chi connectivity index (χ1v) is 12.9. The first-order chi connectivity index (χ1) is 16.9. The molecule has 1 aliphatic heterocycles. The van der Waals surface area contributed by atoms with Crippen molar-refractivity contribution >= 4 is 39.8 Å². The Kier molecular flexibility index (Phi) is 8.61. The second kappa shape index (κ2) is 11.9. The van der Waals surface area contributed by atoms with Gasteiger partial charge in [0.05, 0.1) is 29.1 Å². The van der Waals surface area contributed by atoms with Gasteiger partial charge in [-0.3, -0.25) is 14.7 Å². The Bertz CT molecular complexity index is 1220. The molecule has 1 aromatic carbocycles. The molecule has 1 aliphatic rings. The van der Waals surface area contributed by atoms with E-state index in [9.17, 15) is 9.90 Å². The van der Waals surface area contributed by atoms with Gasteiger partial charge in [-0.15, -0.1) is 11.3 Å². The average Bonchev–Trinajstić information content (AvgIpc) is 3.36. The molecule has 0 amide bonds. The topological polar surface area (TPSA) is 62.7 Å². The first-order valence-electron chi connectivity index (χ1n) is 11.7. The second-order valence-electron chi connectivity index (χ2n) is 8.87. The van der Waals surface area contributed by atoms with Crippen molar-refractivity contribution in [2.24, 2.45) is 11.8 Å². The zero-order valence-corrected chi connectivity index (χ0v) is 21.1. The summed E-state index contributed by atoms with van der Waals surface area (Å²) < 4.78 is 20.9. The van der Waals surface area contributed by atoms with Gasteiger partial charge in [-0.25, -0.2) is 4.39 Å². The number of piperidine rings is 1. The van der Waals surface area contributed by atoms with Gasteiger partial charge in [-0.05, 0) is 67.3 Å². The van der Waals surface area contributed by atoms with Crippen LogP contribution in [0.15, 0.2) is 41.9 Å². The van der Waals surface area contributed by atoms with Crippen LogP contribution >= 0.6 is 22.9 Å². The summed E-state index contributed by atoms with van der Waals surface area (Å²) in [5.74, 6) is 6.25. The average molecular weight is 515 g/mol. The summed E-state index contributed by atoms with van der Waals surface area (Å²) in [6.07, 6.45) is 1.98. The van der Waals surface area contributed by atoms with Crippen LogP contribution in [-0.4, -0.2) is 47.7 Å². The fourth-order valence-electron chi connectivity index (χ4n) is 4.84.